The minimum absolute atomic E-state index is 0.0145. The fourth-order valence-electron chi connectivity index (χ4n) is 2.66. The van der Waals surface area contributed by atoms with Crippen LogP contribution in [0.2, 0.25) is 4.34 Å². The summed E-state index contributed by atoms with van der Waals surface area (Å²) in [7, 11) is 1.87. The van der Waals surface area contributed by atoms with Crippen molar-refractivity contribution < 1.29 is 4.39 Å². The van der Waals surface area contributed by atoms with Gasteiger partial charge in [-0.1, -0.05) is 23.7 Å². The third-order valence-electron chi connectivity index (χ3n) is 3.84. The van der Waals surface area contributed by atoms with Crippen molar-refractivity contribution in [1.29, 1.82) is 0 Å². The lowest BCUT2D eigenvalue weighted by atomic mass is 10.1. The molecule has 3 aromatic rings. The van der Waals surface area contributed by atoms with Crippen LogP contribution in [0.3, 0.4) is 0 Å². The van der Waals surface area contributed by atoms with E-state index < -0.39 is 0 Å². The van der Waals surface area contributed by atoms with Crippen molar-refractivity contribution in [3.05, 3.63) is 56.7 Å². The highest BCUT2D eigenvalue weighted by Gasteiger charge is 2.17. The molecule has 0 saturated heterocycles. The maximum Gasteiger partial charge on any atom is 0.123 e. The molecule has 0 radical (unpaired) electrons. The lowest BCUT2D eigenvalue weighted by molar-refractivity contribution is 0.622. The molecule has 2 aromatic heterocycles. The highest BCUT2D eigenvalue weighted by Crippen LogP contribution is 2.41. The first kappa shape index (κ1) is 18.4. The maximum absolute atomic E-state index is 13.4. The van der Waals surface area contributed by atoms with Gasteiger partial charge in [0, 0.05) is 25.2 Å². The van der Waals surface area contributed by atoms with Crippen LogP contribution in [-0.2, 0) is 13.5 Å². The second-order valence-electron chi connectivity index (χ2n) is 5.67. The van der Waals surface area contributed by atoms with Crippen LogP contribution in [0, 0.1) is 5.82 Å². The van der Waals surface area contributed by atoms with E-state index in [1.54, 1.807) is 16.9 Å². The summed E-state index contributed by atoms with van der Waals surface area (Å²) in [6, 6.07) is 8.54. The molecular formula is C17H17BrClFN4S. The molecule has 1 aromatic carbocycles. The van der Waals surface area contributed by atoms with Gasteiger partial charge in [-0.3, -0.25) is 4.68 Å². The summed E-state index contributed by atoms with van der Waals surface area (Å²) in [6.07, 6.45) is 2.37. The molecule has 4 nitrogen and oxygen atoms in total. The number of nitrogens with zero attached hydrogens (tertiary/aromatic N) is 2. The van der Waals surface area contributed by atoms with Crippen molar-refractivity contribution in [2.75, 3.05) is 11.9 Å². The van der Waals surface area contributed by atoms with E-state index in [2.05, 4.69) is 26.3 Å². The molecule has 0 saturated carbocycles. The summed E-state index contributed by atoms with van der Waals surface area (Å²) in [5, 5.41) is 8.54. The zero-order valence-corrected chi connectivity index (χ0v) is 16.6. The predicted molar refractivity (Wildman–Crippen MR) is 106 cm³/mol. The number of aromatic nitrogens is 2. The molecule has 8 heteroatoms. The first-order valence-electron chi connectivity index (χ1n) is 7.66. The van der Waals surface area contributed by atoms with Crippen molar-refractivity contribution in [2.24, 2.45) is 12.8 Å². The standard InChI is InChI=1S/C17H17BrClFN4S/c1-24-16(14(18)9-22-24)13-7-15(25-17(13)19)23-12(8-21)6-10-3-2-4-11(20)5-10/h2-5,7,9,12,23H,6,8,21H2,1H3/t12-/m0/s1. The molecule has 25 heavy (non-hydrogen) atoms. The van der Waals surface area contributed by atoms with Gasteiger partial charge in [-0.05, 0) is 46.1 Å². The zero-order valence-electron chi connectivity index (χ0n) is 13.5. The molecule has 1 atom stereocenters. The van der Waals surface area contributed by atoms with Crippen LogP contribution in [0.1, 0.15) is 5.56 Å². The molecule has 0 spiro atoms. The summed E-state index contributed by atoms with van der Waals surface area (Å²) in [6.45, 7) is 0.427. The van der Waals surface area contributed by atoms with Gasteiger partial charge in [0.05, 0.1) is 21.4 Å². The average Bonchev–Trinajstić information content (AvgIpc) is 3.08. The van der Waals surface area contributed by atoms with Crippen LogP contribution in [0.5, 0.6) is 0 Å². The number of hydrogen-bond donors (Lipinski definition) is 2. The third kappa shape index (κ3) is 4.23. The molecule has 132 valence electrons. The van der Waals surface area contributed by atoms with Crippen molar-refractivity contribution in [2.45, 2.75) is 12.5 Å². The summed E-state index contributed by atoms with van der Waals surface area (Å²) >= 11 is 11.4. The molecule has 0 aliphatic heterocycles. The summed E-state index contributed by atoms with van der Waals surface area (Å²) in [5.74, 6) is -0.240. The lowest BCUT2D eigenvalue weighted by Gasteiger charge is -2.17. The van der Waals surface area contributed by atoms with E-state index in [0.717, 1.165) is 26.3 Å². The normalized spacial score (nSPS) is 12.4. The molecule has 0 bridgehead atoms. The van der Waals surface area contributed by atoms with E-state index in [9.17, 15) is 4.39 Å². The topological polar surface area (TPSA) is 55.9 Å². The Morgan fingerprint density at radius 3 is 2.88 bits per heavy atom. The summed E-state index contributed by atoms with van der Waals surface area (Å²) in [5.41, 5.74) is 8.62. The van der Waals surface area contributed by atoms with E-state index in [0.29, 0.717) is 17.3 Å². The number of thiophene rings is 1. The van der Waals surface area contributed by atoms with E-state index in [1.807, 2.05) is 19.2 Å². The van der Waals surface area contributed by atoms with Crippen LogP contribution >= 0.6 is 38.9 Å². The van der Waals surface area contributed by atoms with E-state index >= 15 is 0 Å². The predicted octanol–water partition coefficient (Wildman–Crippen LogP) is 4.69. The molecular weight excluding hydrogens is 427 g/mol. The van der Waals surface area contributed by atoms with Gasteiger partial charge >= 0.3 is 0 Å². The van der Waals surface area contributed by atoms with Crippen LogP contribution < -0.4 is 11.1 Å². The fourth-order valence-corrected chi connectivity index (χ4v) is 4.47. The number of hydrogen-bond acceptors (Lipinski definition) is 4. The molecule has 0 fully saturated rings. The number of nitrogens with one attached hydrogen (secondary N) is 1. The minimum atomic E-state index is -0.240. The number of halogens is 3. The van der Waals surface area contributed by atoms with Gasteiger partial charge in [0.25, 0.3) is 0 Å². The second-order valence-corrected chi connectivity index (χ2v) is 8.18. The molecule has 0 unspecified atom stereocenters. The van der Waals surface area contributed by atoms with Crippen LogP contribution in [0.25, 0.3) is 11.3 Å². The molecule has 3 rings (SSSR count). The largest absolute Gasteiger partial charge is 0.373 e. The first-order chi connectivity index (χ1) is 12.0. The number of nitrogens with two attached hydrogens (primary N) is 1. The SMILES string of the molecule is Cn1ncc(Br)c1-c1cc(N[C@H](CN)Cc2cccc(F)c2)sc1Cl. The third-order valence-corrected chi connectivity index (χ3v) is 5.71. The minimum Gasteiger partial charge on any atom is -0.373 e. The van der Waals surface area contributed by atoms with Gasteiger partial charge in [-0.25, -0.2) is 4.39 Å². The van der Waals surface area contributed by atoms with Gasteiger partial charge in [0.15, 0.2) is 0 Å². The van der Waals surface area contributed by atoms with Crippen LogP contribution in [0.15, 0.2) is 41.0 Å². The maximum atomic E-state index is 13.4. The van der Waals surface area contributed by atoms with Gasteiger partial charge in [0.2, 0.25) is 0 Å². The van der Waals surface area contributed by atoms with E-state index in [-0.39, 0.29) is 11.9 Å². The number of aryl methyl sites for hydroxylation is 1. The Kier molecular flexibility index (Phi) is 5.78. The quantitative estimate of drug-likeness (QED) is 0.581. The van der Waals surface area contributed by atoms with Gasteiger partial charge < -0.3 is 11.1 Å². The van der Waals surface area contributed by atoms with Crippen LogP contribution in [0.4, 0.5) is 9.39 Å². The van der Waals surface area contributed by atoms with Crippen molar-refractivity contribution in [1.82, 2.24) is 9.78 Å². The van der Waals surface area contributed by atoms with Gasteiger partial charge in [-0.2, -0.15) is 5.10 Å². The Labute approximate surface area is 162 Å². The Morgan fingerprint density at radius 1 is 1.44 bits per heavy atom. The summed E-state index contributed by atoms with van der Waals surface area (Å²) < 4.78 is 16.7. The van der Waals surface area contributed by atoms with Crippen molar-refractivity contribution in [3.63, 3.8) is 0 Å². The van der Waals surface area contributed by atoms with Gasteiger partial charge in [0.1, 0.15) is 10.2 Å². The Morgan fingerprint density at radius 2 is 2.24 bits per heavy atom. The Balaban J connectivity index is 1.79. The van der Waals surface area contributed by atoms with E-state index in [4.69, 9.17) is 17.3 Å². The molecule has 0 aliphatic carbocycles. The highest BCUT2D eigenvalue weighted by atomic mass is 79.9. The van der Waals surface area contributed by atoms with E-state index in [1.165, 1.54) is 23.5 Å². The number of benzene rings is 1. The van der Waals surface area contributed by atoms with Gasteiger partial charge in [-0.15, -0.1) is 11.3 Å². The highest BCUT2D eigenvalue weighted by molar-refractivity contribution is 9.10. The Bertz CT molecular complexity index is 860. The zero-order chi connectivity index (χ0) is 18.0. The smallest absolute Gasteiger partial charge is 0.123 e. The second kappa shape index (κ2) is 7.86. The number of anilines is 1. The lowest BCUT2D eigenvalue weighted by Crippen LogP contribution is -2.30. The van der Waals surface area contributed by atoms with Crippen molar-refractivity contribution >= 4 is 43.9 Å². The molecule has 2 heterocycles. The Hall–Kier alpha value is -1.41. The fraction of sp³-hybridized carbons (Fsp3) is 0.235. The molecule has 0 amide bonds. The van der Waals surface area contributed by atoms with Crippen molar-refractivity contribution in [3.8, 4) is 11.3 Å². The summed E-state index contributed by atoms with van der Waals surface area (Å²) in [4.78, 5) is 0. The first-order valence-corrected chi connectivity index (χ1v) is 9.65. The monoisotopic (exact) mass is 442 g/mol. The number of rotatable bonds is 6. The average molecular weight is 444 g/mol. The van der Waals surface area contributed by atoms with Crippen LogP contribution in [-0.4, -0.2) is 22.4 Å². The molecule has 3 N–H and O–H groups in total. The molecule has 0 aliphatic rings.